The van der Waals surface area contributed by atoms with Crippen LogP contribution in [0.2, 0.25) is 0 Å². The Hall–Kier alpha value is -2.29. The zero-order valence-corrected chi connectivity index (χ0v) is 34.7. The summed E-state index contributed by atoms with van der Waals surface area (Å²) in [6, 6.07) is 0. The van der Waals surface area contributed by atoms with Crippen LogP contribution in [0.25, 0.3) is 0 Å². The highest BCUT2D eigenvalue weighted by Gasteiger charge is 2.32. The van der Waals surface area contributed by atoms with Gasteiger partial charge in [-0.25, -0.2) is 0 Å². The molecule has 0 fully saturated rings. The zero-order chi connectivity index (χ0) is 39.0. The van der Waals surface area contributed by atoms with Crippen molar-refractivity contribution < 1.29 is 38.9 Å². The Morgan fingerprint density at radius 1 is 0.434 bits per heavy atom. The van der Waals surface area contributed by atoms with Gasteiger partial charge in [-0.05, 0) is 64.2 Å². The average Bonchev–Trinajstić information content (AvgIpc) is 3.13. The molecule has 2 N–H and O–H groups in total. The minimum atomic E-state index is -1.33. The summed E-state index contributed by atoms with van der Waals surface area (Å²) in [7, 11) is 0. The van der Waals surface area contributed by atoms with Crippen molar-refractivity contribution in [3.05, 3.63) is 24.3 Å². The molecule has 0 aliphatic carbocycles. The summed E-state index contributed by atoms with van der Waals surface area (Å²) in [5.41, 5.74) is 0. The molecule has 53 heavy (non-hydrogen) atoms. The maximum atomic E-state index is 12.3. The van der Waals surface area contributed by atoms with Gasteiger partial charge >= 0.3 is 23.9 Å². The van der Waals surface area contributed by atoms with E-state index in [1.807, 2.05) is 0 Å². The maximum absolute atomic E-state index is 12.3. The summed E-state index contributed by atoms with van der Waals surface area (Å²) in [6.07, 6.45) is 41.3. The fourth-order valence-corrected chi connectivity index (χ4v) is 7.17. The molecule has 0 radical (unpaired) electrons. The van der Waals surface area contributed by atoms with Gasteiger partial charge in [-0.1, -0.05) is 154 Å². The van der Waals surface area contributed by atoms with Gasteiger partial charge < -0.3 is 19.7 Å². The van der Waals surface area contributed by atoms with Crippen LogP contribution in [0.5, 0.6) is 0 Å². The summed E-state index contributed by atoms with van der Waals surface area (Å²) in [5.74, 6) is -3.98. The fraction of sp³-hybridized carbons (Fsp3) is 0.818. The van der Waals surface area contributed by atoms with E-state index in [0.29, 0.717) is 24.6 Å². The zero-order valence-electron chi connectivity index (χ0n) is 33.8. The van der Waals surface area contributed by atoms with E-state index in [4.69, 9.17) is 9.47 Å². The first kappa shape index (κ1) is 50.7. The van der Waals surface area contributed by atoms with Crippen molar-refractivity contribution in [1.82, 2.24) is 0 Å². The number of unbranched alkanes of at least 4 members (excludes halogenated alkanes) is 24. The number of aliphatic carboxylic acids is 2. The second-order valence-corrected chi connectivity index (χ2v) is 15.9. The van der Waals surface area contributed by atoms with Gasteiger partial charge in [-0.2, -0.15) is 0 Å². The molecular formula is C44H78O8S. The minimum absolute atomic E-state index is 0.211. The van der Waals surface area contributed by atoms with E-state index in [1.54, 1.807) is 0 Å². The first-order valence-corrected chi connectivity index (χ1v) is 22.5. The summed E-state index contributed by atoms with van der Waals surface area (Å²) < 4.78 is 10.5. The van der Waals surface area contributed by atoms with E-state index >= 15 is 0 Å². The number of hydrogen-bond donors (Lipinski definition) is 2. The molecule has 8 nitrogen and oxygen atoms in total. The summed E-state index contributed by atoms with van der Waals surface area (Å²) in [5, 5.41) is 16.6. The lowest BCUT2D eigenvalue weighted by Gasteiger charge is -2.17. The highest BCUT2D eigenvalue weighted by molar-refractivity contribution is 8.01. The van der Waals surface area contributed by atoms with Gasteiger partial charge in [-0.3, -0.25) is 19.2 Å². The number of ether oxygens (including phenoxy) is 2. The van der Waals surface area contributed by atoms with Crippen LogP contribution in [0.3, 0.4) is 0 Å². The Kier molecular flexibility index (Phi) is 37.7. The summed E-state index contributed by atoms with van der Waals surface area (Å²) in [6.45, 7) is 4.91. The molecular weight excluding hydrogens is 689 g/mol. The lowest BCUT2D eigenvalue weighted by molar-refractivity contribution is -0.147. The third kappa shape index (κ3) is 36.5. The number of hydrogen-bond acceptors (Lipinski definition) is 7. The van der Waals surface area contributed by atoms with Crippen molar-refractivity contribution in [2.24, 2.45) is 0 Å². The van der Waals surface area contributed by atoms with E-state index in [-0.39, 0.29) is 13.2 Å². The Morgan fingerprint density at radius 2 is 0.698 bits per heavy atom. The van der Waals surface area contributed by atoms with Crippen molar-refractivity contribution >= 4 is 35.6 Å². The molecule has 2 atom stereocenters. The van der Waals surface area contributed by atoms with Crippen LogP contribution in [0, 0.1) is 0 Å². The van der Waals surface area contributed by atoms with Crippen molar-refractivity contribution in [3.63, 3.8) is 0 Å². The average molecular weight is 767 g/mol. The second-order valence-electron chi connectivity index (χ2n) is 14.5. The topological polar surface area (TPSA) is 127 Å². The molecule has 9 heteroatoms. The van der Waals surface area contributed by atoms with Gasteiger partial charge in [0, 0.05) is 0 Å². The number of carboxylic acids is 2. The summed E-state index contributed by atoms with van der Waals surface area (Å²) in [4.78, 5) is 48.3. The molecule has 0 aromatic carbocycles. The molecule has 0 aromatic heterocycles. The number of thioether (sulfide) groups is 1. The van der Waals surface area contributed by atoms with Crippen molar-refractivity contribution in [2.45, 2.75) is 217 Å². The first-order chi connectivity index (χ1) is 25.8. The summed E-state index contributed by atoms with van der Waals surface area (Å²) >= 11 is 0.583. The standard InChI is InChI=1S/C44H78O8S/c1-3-5-7-9-11-13-15-17-19-21-23-25-27-29-31-33-35-51-41(45)37-39(43(47)48)53-40(44(49)50)38-42(46)52-36-34-32-30-28-26-24-22-20-18-16-14-12-10-8-6-4-2/h17-20,39-40H,3-16,21-38H2,1-2H3,(H,47,48)(H,49,50). The van der Waals surface area contributed by atoms with Gasteiger partial charge in [0.25, 0.3) is 0 Å². The normalized spacial score (nSPS) is 12.7. The third-order valence-corrected chi connectivity index (χ3v) is 10.8. The van der Waals surface area contributed by atoms with E-state index in [9.17, 15) is 29.4 Å². The molecule has 308 valence electrons. The van der Waals surface area contributed by atoms with Crippen LogP contribution in [0.15, 0.2) is 24.3 Å². The molecule has 0 heterocycles. The largest absolute Gasteiger partial charge is 0.480 e. The number of carbonyl (C=O) groups is 4. The lowest BCUT2D eigenvalue weighted by atomic mass is 10.1. The lowest BCUT2D eigenvalue weighted by Crippen LogP contribution is -2.30. The quantitative estimate of drug-likeness (QED) is 0.0356. The van der Waals surface area contributed by atoms with Crippen LogP contribution in [0.1, 0.15) is 206 Å². The maximum Gasteiger partial charge on any atom is 0.317 e. The SMILES string of the molecule is CCCCCCCCC=CCCCCCCCCOC(=O)CC(SC(CC(=O)OCCCCCCCCC=CCCCCCCCC)C(=O)O)C(=O)O. The Balaban J connectivity index is 3.97. The van der Waals surface area contributed by atoms with E-state index < -0.39 is 47.2 Å². The molecule has 0 saturated carbocycles. The van der Waals surface area contributed by atoms with Crippen molar-refractivity contribution in [1.29, 1.82) is 0 Å². The second kappa shape index (κ2) is 39.4. The molecule has 0 aromatic rings. The van der Waals surface area contributed by atoms with Crippen LogP contribution in [-0.2, 0) is 28.7 Å². The number of carboxylic acid groups (broad SMARTS) is 2. The Morgan fingerprint density at radius 3 is 0.981 bits per heavy atom. The first-order valence-electron chi connectivity index (χ1n) is 21.5. The van der Waals surface area contributed by atoms with E-state index in [1.165, 1.54) is 116 Å². The molecule has 0 aliphatic heterocycles. The van der Waals surface area contributed by atoms with Crippen LogP contribution >= 0.6 is 11.8 Å². The third-order valence-electron chi connectivity index (χ3n) is 9.42. The highest BCUT2D eigenvalue weighted by Crippen LogP contribution is 2.25. The van der Waals surface area contributed by atoms with Crippen LogP contribution < -0.4 is 0 Å². The van der Waals surface area contributed by atoms with Gasteiger partial charge in [-0.15, -0.1) is 11.8 Å². The predicted octanol–water partition coefficient (Wildman–Crippen LogP) is 12.6. The molecule has 0 rings (SSSR count). The van der Waals surface area contributed by atoms with Crippen molar-refractivity contribution in [2.75, 3.05) is 13.2 Å². The fourth-order valence-electron chi connectivity index (χ4n) is 6.08. The number of allylic oxidation sites excluding steroid dienone is 4. The van der Waals surface area contributed by atoms with Gasteiger partial charge in [0.2, 0.25) is 0 Å². The number of esters is 2. The Labute approximate surface area is 328 Å². The molecule has 0 aliphatic rings. The highest BCUT2D eigenvalue weighted by atomic mass is 32.2. The molecule has 0 spiro atoms. The van der Waals surface area contributed by atoms with Crippen molar-refractivity contribution in [3.8, 4) is 0 Å². The molecule has 2 unspecified atom stereocenters. The van der Waals surface area contributed by atoms with E-state index in [2.05, 4.69) is 38.2 Å². The number of rotatable bonds is 40. The van der Waals surface area contributed by atoms with Crippen LogP contribution in [-0.4, -0.2) is 57.8 Å². The minimum Gasteiger partial charge on any atom is -0.480 e. The molecule has 0 amide bonds. The van der Waals surface area contributed by atoms with Gasteiger partial charge in [0.15, 0.2) is 0 Å². The van der Waals surface area contributed by atoms with Gasteiger partial charge in [0.05, 0.1) is 26.1 Å². The van der Waals surface area contributed by atoms with Gasteiger partial charge in [0.1, 0.15) is 10.5 Å². The number of carbonyl (C=O) groups excluding carboxylic acids is 2. The molecule has 0 saturated heterocycles. The monoisotopic (exact) mass is 767 g/mol. The van der Waals surface area contributed by atoms with E-state index in [0.717, 1.165) is 51.4 Å². The smallest absolute Gasteiger partial charge is 0.317 e. The molecule has 0 bridgehead atoms. The Bertz CT molecular complexity index is 876. The predicted molar refractivity (Wildman–Crippen MR) is 220 cm³/mol. The van der Waals surface area contributed by atoms with Crippen LogP contribution in [0.4, 0.5) is 0 Å².